The highest BCUT2D eigenvalue weighted by Gasteiger charge is 2.21. The molecular weight excluding hydrogens is 526 g/mol. The van der Waals surface area contributed by atoms with Gasteiger partial charge in [-0.3, -0.25) is 10.3 Å². The first-order valence-corrected chi connectivity index (χ1v) is 14.0. The van der Waals surface area contributed by atoms with Crippen LogP contribution in [0.3, 0.4) is 0 Å². The van der Waals surface area contributed by atoms with Crippen LogP contribution < -0.4 is 20.9 Å². The number of hydrogen-bond donors (Lipinski definition) is 4. The molecule has 40 heavy (non-hydrogen) atoms. The Kier molecular flexibility index (Phi) is 6.55. The number of fused-ring (bicyclic) bond motifs is 1. The Bertz CT molecular complexity index is 1660. The van der Waals surface area contributed by atoms with Crippen LogP contribution in [0.1, 0.15) is 11.6 Å². The van der Waals surface area contributed by atoms with Crippen LogP contribution >= 0.6 is 11.3 Å². The summed E-state index contributed by atoms with van der Waals surface area (Å²) in [6.45, 7) is 4.91. The van der Waals surface area contributed by atoms with Gasteiger partial charge in [0.2, 0.25) is 0 Å². The third kappa shape index (κ3) is 4.99. The molecule has 2 fully saturated rings. The maximum Gasteiger partial charge on any atom is 0.325 e. The normalized spacial score (nSPS) is 15.7. The number of carbonyl (C=O) groups excluding carboxylic acids is 1. The Morgan fingerprint density at radius 3 is 2.62 bits per heavy atom. The zero-order valence-electron chi connectivity index (χ0n) is 21.6. The molecule has 1 aromatic carbocycles. The summed E-state index contributed by atoms with van der Waals surface area (Å²) in [7, 11) is 0. The highest BCUT2D eigenvalue weighted by Crippen LogP contribution is 2.32. The summed E-state index contributed by atoms with van der Waals surface area (Å²) < 4.78 is 5.48. The van der Waals surface area contributed by atoms with Crippen LogP contribution in [0.2, 0.25) is 0 Å². The molecule has 0 saturated carbocycles. The van der Waals surface area contributed by atoms with Crippen LogP contribution in [0, 0.1) is 0 Å². The molecule has 0 spiro atoms. The second-order valence-corrected chi connectivity index (χ2v) is 10.8. The molecule has 0 aliphatic carbocycles. The smallest absolute Gasteiger partial charge is 0.325 e. The molecule has 12 heteroatoms. The predicted octanol–water partition coefficient (Wildman–Crippen LogP) is 4.31. The lowest BCUT2D eigenvalue weighted by Gasteiger charge is -2.27. The average molecular weight is 554 g/mol. The number of amides is 2. The number of H-pyrrole nitrogens is 1. The van der Waals surface area contributed by atoms with Crippen molar-refractivity contribution in [2.24, 2.45) is 0 Å². The number of hydrogen-bond acceptors (Lipinski definition) is 9. The Morgan fingerprint density at radius 2 is 1.82 bits per heavy atom. The fraction of sp³-hybridized carbons (Fsp3) is 0.250. The van der Waals surface area contributed by atoms with Crippen LogP contribution in [-0.2, 0) is 4.74 Å². The molecule has 11 nitrogen and oxygen atoms in total. The molecular formula is C28H27N9O2S. The van der Waals surface area contributed by atoms with Gasteiger partial charge in [-0.1, -0.05) is 23.5 Å². The Labute approximate surface area is 234 Å². The first-order valence-electron chi connectivity index (χ1n) is 13.2. The summed E-state index contributed by atoms with van der Waals surface area (Å²) in [5.41, 5.74) is 5.52. The lowest BCUT2D eigenvalue weighted by Crippen LogP contribution is -2.40. The van der Waals surface area contributed by atoms with E-state index in [1.54, 1.807) is 12.5 Å². The van der Waals surface area contributed by atoms with Gasteiger partial charge in [-0.25, -0.2) is 19.7 Å². The molecule has 4 N–H and O–H groups in total. The number of urea groups is 1. The molecule has 0 atom stereocenters. The van der Waals surface area contributed by atoms with Gasteiger partial charge < -0.3 is 25.3 Å². The third-order valence-corrected chi connectivity index (χ3v) is 8.12. The number of nitrogens with one attached hydrogen (secondary N) is 4. The lowest BCUT2D eigenvalue weighted by atomic mass is 9.97. The van der Waals surface area contributed by atoms with Crippen LogP contribution in [0.4, 0.5) is 21.4 Å². The van der Waals surface area contributed by atoms with Gasteiger partial charge in [0.25, 0.3) is 0 Å². The molecule has 6 heterocycles. The summed E-state index contributed by atoms with van der Waals surface area (Å²) in [5.74, 6) is 1.37. The van der Waals surface area contributed by atoms with E-state index >= 15 is 0 Å². The number of anilines is 3. The fourth-order valence-electron chi connectivity index (χ4n) is 4.89. The van der Waals surface area contributed by atoms with Crippen LogP contribution in [0.5, 0.6) is 0 Å². The van der Waals surface area contributed by atoms with E-state index in [2.05, 4.69) is 57.9 Å². The van der Waals surface area contributed by atoms with Crippen molar-refractivity contribution in [3.8, 4) is 21.7 Å². The van der Waals surface area contributed by atoms with E-state index in [9.17, 15) is 4.79 Å². The van der Waals surface area contributed by atoms with E-state index in [4.69, 9.17) is 4.74 Å². The Morgan fingerprint density at radius 1 is 0.975 bits per heavy atom. The maximum atomic E-state index is 12.7. The Hall–Kier alpha value is -4.39. The van der Waals surface area contributed by atoms with Crippen molar-refractivity contribution >= 4 is 45.0 Å². The van der Waals surface area contributed by atoms with Crippen molar-refractivity contribution in [3.63, 3.8) is 0 Å². The number of nitrogens with zero attached hydrogens (tertiary/aromatic N) is 5. The highest BCUT2D eigenvalue weighted by atomic mass is 32.1. The van der Waals surface area contributed by atoms with Crippen LogP contribution in [-0.4, -0.2) is 70.3 Å². The fourth-order valence-corrected chi connectivity index (χ4v) is 5.70. The average Bonchev–Trinajstić information content (AvgIpc) is 3.60. The van der Waals surface area contributed by atoms with E-state index in [1.807, 2.05) is 36.5 Å². The number of carbonyl (C=O) groups is 1. The monoisotopic (exact) mass is 553 g/mol. The van der Waals surface area contributed by atoms with Gasteiger partial charge in [-0.05, 0) is 41.5 Å². The van der Waals surface area contributed by atoms with Gasteiger partial charge in [-0.15, -0.1) is 0 Å². The summed E-state index contributed by atoms with van der Waals surface area (Å²) in [5, 5.41) is 10.5. The number of morpholine rings is 1. The number of aromatic amines is 1. The lowest BCUT2D eigenvalue weighted by molar-refractivity contribution is 0.122. The number of thiazole rings is 1. The van der Waals surface area contributed by atoms with Crippen molar-refractivity contribution < 1.29 is 9.53 Å². The minimum Gasteiger partial charge on any atom is -0.378 e. The number of pyridine rings is 1. The quantitative estimate of drug-likeness (QED) is 0.245. The molecule has 2 aliphatic heterocycles. The maximum absolute atomic E-state index is 12.7. The van der Waals surface area contributed by atoms with Crippen LogP contribution in [0.25, 0.3) is 32.7 Å². The number of aromatic nitrogens is 5. The van der Waals surface area contributed by atoms with E-state index in [0.29, 0.717) is 30.0 Å². The van der Waals surface area contributed by atoms with Gasteiger partial charge in [0.15, 0.2) is 5.13 Å². The van der Waals surface area contributed by atoms with Crippen molar-refractivity contribution in [2.75, 3.05) is 54.9 Å². The van der Waals surface area contributed by atoms with Gasteiger partial charge in [-0.2, -0.15) is 0 Å². The largest absolute Gasteiger partial charge is 0.378 e. The SMILES string of the molecule is O=C(Nc1ccc(-c2cc3c(N4CCOCC4)ncnc3[nH]2)cc1)Nc1ncc(-c2ccnc(C3CNC3)c2)s1. The topological polar surface area (TPSA) is 133 Å². The van der Waals surface area contributed by atoms with Crippen molar-refractivity contribution in [1.29, 1.82) is 0 Å². The van der Waals surface area contributed by atoms with Crippen molar-refractivity contribution in [3.05, 3.63) is 66.9 Å². The zero-order valence-corrected chi connectivity index (χ0v) is 22.4. The van der Waals surface area contributed by atoms with E-state index < -0.39 is 0 Å². The molecule has 7 rings (SSSR count). The predicted molar refractivity (Wildman–Crippen MR) is 156 cm³/mol. The molecule has 0 unspecified atom stereocenters. The summed E-state index contributed by atoms with van der Waals surface area (Å²) >= 11 is 1.43. The van der Waals surface area contributed by atoms with Gasteiger partial charge in [0, 0.05) is 61.6 Å². The molecule has 0 bridgehead atoms. The summed E-state index contributed by atoms with van der Waals surface area (Å²) in [6.07, 6.45) is 5.20. The first kappa shape index (κ1) is 24.6. The van der Waals surface area contributed by atoms with Crippen molar-refractivity contribution in [2.45, 2.75) is 5.92 Å². The summed E-state index contributed by atoms with van der Waals surface area (Å²) in [4.78, 5) is 37.1. The number of benzene rings is 1. The van der Waals surface area contributed by atoms with E-state index in [-0.39, 0.29) is 6.03 Å². The first-order chi connectivity index (χ1) is 19.7. The number of rotatable bonds is 6. The minimum atomic E-state index is -0.347. The van der Waals surface area contributed by atoms with Crippen LogP contribution in [0.15, 0.2) is 61.2 Å². The second-order valence-electron chi connectivity index (χ2n) is 9.75. The second kappa shape index (κ2) is 10.6. The van der Waals surface area contributed by atoms with Gasteiger partial charge in [0.1, 0.15) is 17.8 Å². The molecule has 4 aromatic heterocycles. The number of ether oxygens (including phenoxy) is 1. The van der Waals surface area contributed by atoms with Gasteiger partial charge in [0.05, 0.1) is 23.5 Å². The minimum absolute atomic E-state index is 0.347. The Balaban J connectivity index is 1.01. The standard InChI is InChI=1S/C28H27N9O2S/c38-27(36-28-31-15-24(40-28)18-5-6-30-22(11-18)19-13-29-14-19)34-20-3-1-17(2-4-20)23-12-21-25(35-23)32-16-33-26(21)37-7-9-39-10-8-37/h1-6,11-12,15-16,19,29H,7-10,13-14H2,(H,32,33,35)(H2,31,34,36,38). The highest BCUT2D eigenvalue weighted by molar-refractivity contribution is 7.19. The zero-order chi connectivity index (χ0) is 26.9. The summed E-state index contributed by atoms with van der Waals surface area (Å²) in [6, 6.07) is 13.5. The van der Waals surface area contributed by atoms with Gasteiger partial charge >= 0.3 is 6.03 Å². The van der Waals surface area contributed by atoms with E-state index in [1.165, 1.54) is 11.3 Å². The molecule has 2 amide bonds. The third-order valence-electron chi connectivity index (χ3n) is 7.16. The molecule has 0 radical (unpaired) electrons. The molecule has 2 saturated heterocycles. The molecule has 2 aliphatic rings. The molecule has 5 aromatic rings. The van der Waals surface area contributed by atoms with Crippen molar-refractivity contribution in [1.82, 2.24) is 30.2 Å². The molecule has 202 valence electrons. The van der Waals surface area contributed by atoms with E-state index in [0.717, 1.165) is 70.4 Å².